The van der Waals surface area contributed by atoms with E-state index in [1.54, 1.807) is 0 Å². The molecule has 0 aliphatic heterocycles. The summed E-state index contributed by atoms with van der Waals surface area (Å²) >= 11 is 0. The van der Waals surface area contributed by atoms with Gasteiger partial charge in [-0.3, -0.25) is 0 Å². The van der Waals surface area contributed by atoms with Crippen LogP contribution in [0.1, 0.15) is 92.7 Å². The lowest BCUT2D eigenvalue weighted by Gasteiger charge is -2.33. The Bertz CT molecular complexity index is 1940. The molecular formula is C48H52N2. The Morgan fingerprint density at radius 1 is 0.340 bits per heavy atom. The first kappa shape index (κ1) is 34.8. The fourth-order valence-corrected chi connectivity index (χ4v) is 6.72. The Kier molecular flexibility index (Phi) is 10.3. The molecule has 0 aromatic heterocycles. The Labute approximate surface area is 301 Å². The van der Waals surface area contributed by atoms with E-state index in [-0.39, 0.29) is 0 Å². The van der Waals surface area contributed by atoms with E-state index in [0.29, 0.717) is 17.8 Å². The summed E-state index contributed by atoms with van der Waals surface area (Å²) in [4.78, 5) is 4.82. The summed E-state index contributed by atoms with van der Waals surface area (Å²) in [5, 5.41) is 0. The van der Waals surface area contributed by atoms with Gasteiger partial charge in [0.05, 0.1) is 5.69 Å². The lowest BCUT2D eigenvalue weighted by Crippen LogP contribution is -2.16. The topological polar surface area (TPSA) is 6.48 Å². The molecule has 0 bridgehead atoms. The highest BCUT2D eigenvalue weighted by Crippen LogP contribution is 2.45. The lowest BCUT2D eigenvalue weighted by atomic mass is 9.86. The third kappa shape index (κ3) is 7.41. The van der Waals surface area contributed by atoms with E-state index in [1.807, 2.05) is 0 Å². The average molecular weight is 657 g/mol. The fourth-order valence-electron chi connectivity index (χ4n) is 6.72. The summed E-state index contributed by atoms with van der Waals surface area (Å²) in [5.41, 5.74) is 17.5. The first-order valence-electron chi connectivity index (χ1n) is 18.2. The number of hydrogen-bond acceptors (Lipinski definition) is 2. The van der Waals surface area contributed by atoms with Gasteiger partial charge in [-0.1, -0.05) is 131 Å². The van der Waals surface area contributed by atoms with E-state index in [1.165, 1.54) is 61.6 Å². The van der Waals surface area contributed by atoms with Crippen molar-refractivity contribution >= 4 is 34.1 Å². The molecule has 0 aliphatic rings. The Morgan fingerprint density at radius 2 is 0.620 bits per heavy atom. The molecule has 0 N–H and O–H groups in total. The van der Waals surface area contributed by atoms with Crippen molar-refractivity contribution in [3.05, 3.63) is 167 Å². The van der Waals surface area contributed by atoms with Gasteiger partial charge in [0.2, 0.25) is 0 Å². The van der Waals surface area contributed by atoms with E-state index in [9.17, 15) is 0 Å². The highest BCUT2D eigenvalue weighted by Gasteiger charge is 2.24. The van der Waals surface area contributed by atoms with Crippen LogP contribution in [0.25, 0.3) is 11.1 Å². The fraction of sp³-hybridized carbons (Fsp3) is 0.250. The summed E-state index contributed by atoms with van der Waals surface area (Å²) < 4.78 is 0. The number of rotatable bonds is 10. The lowest BCUT2D eigenvalue weighted by molar-refractivity contribution is 0.803. The third-order valence-corrected chi connectivity index (χ3v) is 9.79. The third-order valence-electron chi connectivity index (χ3n) is 9.79. The summed E-state index contributed by atoms with van der Waals surface area (Å²) in [7, 11) is 0. The number of anilines is 6. The van der Waals surface area contributed by atoms with Crippen LogP contribution in [-0.4, -0.2) is 0 Å². The summed E-state index contributed by atoms with van der Waals surface area (Å²) in [5.74, 6) is 1.23. The molecule has 0 radical (unpaired) electrons. The van der Waals surface area contributed by atoms with Crippen LogP contribution in [0.2, 0.25) is 0 Å². The van der Waals surface area contributed by atoms with Crippen LogP contribution in [0, 0.1) is 20.8 Å². The first-order valence-corrected chi connectivity index (χ1v) is 18.2. The molecular weight excluding hydrogens is 605 g/mol. The van der Waals surface area contributed by atoms with Crippen molar-refractivity contribution in [3.63, 3.8) is 0 Å². The van der Waals surface area contributed by atoms with Gasteiger partial charge in [0.15, 0.2) is 0 Å². The molecule has 254 valence electrons. The van der Waals surface area contributed by atoms with Crippen LogP contribution >= 0.6 is 0 Å². The predicted molar refractivity (Wildman–Crippen MR) is 218 cm³/mol. The van der Waals surface area contributed by atoms with Gasteiger partial charge in [-0.2, -0.15) is 0 Å². The molecule has 0 heterocycles. The van der Waals surface area contributed by atoms with Crippen LogP contribution in [0.15, 0.2) is 133 Å². The van der Waals surface area contributed by atoms with E-state index in [0.717, 1.165) is 17.1 Å². The molecule has 0 amide bonds. The van der Waals surface area contributed by atoms with Crippen molar-refractivity contribution in [2.45, 2.75) is 80.1 Å². The highest BCUT2D eigenvalue weighted by atomic mass is 15.2. The molecule has 0 saturated carbocycles. The minimum atomic E-state index is 0.381. The van der Waals surface area contributed by atoms with E-state index in [2.05, 4.69) is 206 Å². The van der Waals surface area contributed by atoms with Gasteiger partial charge in [-0.05, 0) is 127 Å². The summed E-state index contributed by atoms with van der Waals surface area (Å²) in [6.07, 6.45) is 0. The maximum Gasteiger partial charge on any atom is 0.0531 e. The number of aryl methyl sites for hydroxylation is 3. The Hall–Kier alpha value is -5.08. The van der Waals surface area contributed by atoms with Crippen molar-refractivity contribution in [2.75, 3.05) is 9.80 Å². The highest BCUT2D eigenvalue weighted by molar-refractivity contribution is 5.83. The van der Waals surface area contributed by atoms with Crippen molar-refractivity contribution in [1.29, 1.82) is 0 Å². The van der Waals surface area contributed by atoms with Crippen LogP contribution in [0.3, 0.4) is 0 Å². The molecule has 6 aromatic carbocycles. The summed E-state index contributed by atoms with van der Waals surface area (Å²) in [6.45, 7) is 20.3. The standard InChI is InChI=1S/C48H52N2/c1-32(2)40-30-46(33(3)4)48(47(31-40)34(5)6)50(44-24-14-37(9)15-25-44)45-28-18-39(19-29-45)38-16-26-43(27-17-38)49(41-20-10-35(7)11-21-41)42-22-12-36(8)13-23-42/h10-34H,1-9H3. The molecule has 0 atom stereocenters. The normalized spacial score (nSPS) is 11.4. The predicted octanol–water partition coefficient (Wildman–Crippen LogP) is 14.6. The largest absolute Gasteiger partial charge is 0.311 e. The molecule has 2 heteroatoms. The van der Waals surface area contributed by atoms with Gasteiger partial charge in [-0.25, -0.2) is 0 Å². The molecule has 2 nitrogen and oxygen atoms in total. The zero-order valence-electron chi connectivity index (χ0n) is 31.3. The Balaban J connectivity index is 1.40. The van der Waals surface area contributed by atoms with Gasteiger partial charge >= 0.3 is 0 Å². The molecule has 0 spiro atoms. The van der Waals surface area contributed by atoms with Crippen molar-refractivity contribution in [3.8, 4) is 11.1 Å². The zero-order valence-corrected chi connectivity index (χ0v) is 31.3. The second-order valence-electron chi connectivity index (χ2n) is 14.8. The van der Waals surface area contributed by atoms with Crippen LogP contribution in [-0.2, 0) is 0 Å². The molecule has 6 rings (SSSR count). The smallest absolute Gasteiger partial charge is 0.0531 e. The van der Waals surface area contributed by atoms with Gasteiger partial charge in [0, 0.05) is 28.4 Å². The van der Waals surface area contributed by atoms with Gasteiger partial charge in [0.25, 0.3) is 0 Å². The number of benzene rings is 6. The number of nitrogens with zero attached hydrogens (tertiary/aromatic N) is 2. The van der Waals surface area contributed by atoms with Crippen LogP contribution in [0.4, 0.5) is 34.1 Å². The number of hydrogen-bond donors (Lipinski definition) is 0. The Morgan fingerprint density at radius 3 is 0.900 bits per heavy atom. The van der Waals surface area contributed by atoms with Gasteiger partial charge in [0.1, 0.15) is 0 Å². The maximum absolute atomic E-state index is 2.49. The summed E-state index contributed by atoms with van der Waals surface area (Å²) in [6, 6.07) is 49.5. The molecule has 0 unspecified atom stereocenters. The monoisotopic (exact) mass is 656 g/mol. The minimum absolute atomic E-state index is 0.381. The second-order valence-corrected chi connectivity index (χ2v) is 14.8. The SMILES string of the molecule is Cc1ccc(N(c2ccc(C)cc2)c2ccc(-c3ccc(N(c4ccc(C)cc4)c4c(C(C)C)cc(C(C)C)cc4C(C)C)cc3)cc2)cc1. The van der Waals surface area contributed by atoms with E-state index in [4.69, 9.17) is 0 Å². The first-order chi connectivity index (χ1) is 24.0. The minimum Gasteiger partial charge on any atom is -0.311 e. The molecule has 50 heavy (non-hydrogen) atoms. The van der Waals surface area contributed by atoms with Crippen molar-refractivity contribution in [2.24, 2.45) is 0 Å². The van der Waals surface area contributed by atoms with Gasteiger partial charge in [-0.15, -0.1) is 0 Å². The van der Waals surface area contributed by atoms with Crippen molar-refractivity contribution < 1.29 is 0 Å². The average Bonchev–Trinajstić information content (AvgIpc) is 3.11. The molecule has 0 saturated heterocycles. The van der Waals surface area contributed by atoms with Crippen molar-refractivity contribution in [1.82, 2.24) is 0 Å². The van der Waals surface area contributed by atoms with E-state index >= 15 is 0 Å². The molecule has 0 fully saturated rings. The second kappa shape index (κ2) is 14.8. The van der Waals surface area contributed by atoms with Crippen LogP contribution in [0.5, 0.6) is 0 Å². The van der Waals surface area contributed by atoms with E-state index < -0.39 is 0 Å². The quantitative estimate of drug-likeness (QED) is 0.145. The molecule has 6 aromatic rings. The van der Waals surface area contributed by atoms with Gasteiger partial charge < -0.3 is 9.80 Å². The molecule has 0 aliphatic carbocycles. The van der Waals surface area contributed by atoms with Crippen LogP contribution < -0.4 is 9.80 Å². The zero-order chi connectivity index (χ0) is 35.5. The maximum atomic E-state index is 2.49.